The smallest absolute Gasteiger partial charge is 0.195 e. The van der Waals surface area contributed by atoms with Gasteiger partial charge in [-0.15, -0.1) is 0 Å². The van der Waals surface area contributed by atoms with Crippen LogP contribution < -0.4 is 0 Å². The molecule has 0 bridgehead atoms. The summed E-state index contributed by atoms with van der Waals surface area (Å²) < 4.78 is 24.0. The fourth-order valence-corrected chi connectivity index (χ4v) is 9.99. The molecule has 1 spiro atoms. The molecule has 7 heteroatoms. The van der Waals surface area contributed by atoms with Crippen LogP contribution in [0.1, 0.15) is 72.6 Å². The predicted octanol–water partition coefficient (Wildman–Crippen LogP) is 2.60. The highest BCUT2D eigenvalue weighted by Crippen LogP contribution is 2.72. The van der Waals surface area contributed by atoms with E-state index in [-0.39, 0.29) is 23.7 Å². The highest BCUT2D eigenvalue weighted by molar-refractivity contribution is 5.23. The number of aliphatic hydroxyl groups is 3. The van der Waals surface area contributed by atoms with Crippen LogP contribution in [0, 0.1) is 34.5 Å². The third-order valence-corrected chi connectivity index (χ3v) is 11.7. The summed E-state index contributed by atoms with van der Waals surface area (Å²) in [5.41, 5.74) is -3.04. The van der Waals surface area contributed by atoms with E-state index in [2.05, 4.69) is 20.8 Å². The lowest BCUT2D eigenvalue weighted by molar-refractivity contribution is -0.330. The Kier molecular flexibility index (Phi) is 4.86. The molecule has 2 saturated heterocycles. The zero-order valence-electron chi connectivity index (χ0n) is 20.6. The molecule has 33 heavy (non-hydrogen) atoms. The first-order chi connectivity index (χ1) is 15.4. The first-order valence-corrected chi connectivity index (χ1v) is 13.1. The Balaban J connectivity index is 1.37. The van der Waals surface area contributed by atoms with Gasteiger partial charge in [-0.2, -0.15) is 0 Å². The number of fused-ring (bicyclic) bond motifs is 5. The Morgan fingerprint density at radius 3 is 2.12 bits per heavy atom. The standard InChI is InChI=1S/C26H42O7/c1-16-13-17-18-5-6-26(29,23(4)30-9-10-31-23)22(18,3)14-19(27)20(17)21(2)7-8-24(15-25(16,21)28)32-11-12-33-24/h16-20,27-29H,5-15H2,1-4H3/t16-,17+,18+,19+,20-,21-,22+,25+,26-/m1/s1. The maximum absolute atomic E-state index is 12.3. The van der Waals surface area contributed by atoms with E-state index in [9.17, 15) is 15.3 Å². The first kappa shape index (κ1) is 23.1. The van der Waals surface area contributed by atoms with Gasteiger partial charge in [0.15, 0.2) is 11.6 Å². The molecule has 4 saturated carbocycles. The molecule has 0 unspecified atom stereocenters. The van der Waals surface area contributed by atoms with Gasteiger partial charge < -0.3 is 34.3 Å². The molecular formula is C26H42O7. The highest BCUT2D eigenvalue weighted by Gasteiger charge is 2.75. The summed E-state index contributed by atoms with van der Waals surface area (Å²) in [6.45, 7) is 10.5. The van der Waals surface area contributed by atoms with Crippen LogP contribution in [0.25, 0.3) is 0 Å². The lowest BCUT2D eigenvalue weighted by Gasteiger charge is -2.68. The second-order valence-electron chi connectivity index (χ2n) is 12.8. The quantitative estimate of drug-likeness (QED) is 0.546. The van der Waals surface area contributed by atoms with Gasteiger partial charge in [-0.1, -0.05) is 20.8 Å². The third-order valence-electron chi connectivity index (χ3n) is 11.7. The van der Waals surface area contributed by atoms with Crippen molar-refractivity contribution in [1.29, 1.82) is 0 Å². The predicted molar refractivity (Wildman–Crippen MR) is 119 cm³/mol. The number of hydrogen-bond donors (Lipinski definition) is 3. The molecule has 2 aliphatic heterocycles. The average molecular weight is 467 g/mol. The molecule has 4 aliphatic carbocycles. The summed E-state index contributed by atoms with van der Waals surface area (Å²) in [4.78, 5) is 0. The van der Waals surface area contributed by atoms with Crippen LogP contribution in [0.3, 0.4) is 0 Å². The van der Waals surface area contributed by atoms with Crippen molar-refractivity contribution in [3.05, 3.63) is 0 Å². The molecule has 2 heterocycles. The van der Waals surface area contributed by atoms with Crippen molar-refractivity contribution in [3.8, 4) is 0 Å². The second kappa shape index (κ2) is 6.93. The normalized spacial score (nSPS) is 57.0. The fraction of sp³-hybridized carbons (Fsp3) is 1.00. The first-order valence-electron chi connectivity index (χ1n) is 13.1. The zero-order chi connectivity index (χ0) is 23.5. The van der Waals surface area contributed by atoms with Crippen LogP contribution in [-0.2, 0) is 18.9 Å². The largest absolute Gasteiger partial charge is 0.393 e. The topological polar surface area (TPSA) is 97.6 Å². The maximum Gasteiger partial charge on any atom is 0.195 e. The van der Waals surface area contributed by atoms with E-state index in [0.29, 0.717) is 45.7 Å². The summed E-state index contributed by atoms with van der Waals surface area (Å²) in [6.07, 6.45) is 4.22. The number of rotatable bonds is 1. The maximum atomic E-state index is 12.3. The van der Waals surface area contributed by atoms with Crippen molar-refractivity contribution in [2.45, 2.75) is 102 Å². The van der Waals surface area contributed by atoms with E-state index in [1.165, 1.54) is 0 Å². The van der Waals surface area contributed by atoms with E-state index in [1.54, 1.807) is 0 Å². The SMILES string of the molecule is C[C@@H]1C[C@@H]2[C@H]([C@@H](O)C[C@@]3(C)[C@H]2CC[C@]3(O)C2(C)OCCO2)[C@@]2(C)CCC3(C[C@]12O)OCCO3. The van der Waals surface area contributed by atoms with Gasteiger partial charge in [0.25, 0.3) is 0 Å². The van der Waals surface area contributed by atoms with Crippen molar-refractivity contribution >= 4 is 0 Å². The summed E-state index contributed by atoms with van der Waals surface area (Å²) in [7, 11) is 0. The van der Waals surface area contributed by atoms with E-state index in [4.69, 9.17) is 18.9 Å². The van der Waals surface area contributed by atoms with E-state index in [0.717, 1.165) is 25.7 Å². The van der Waals surface area contributed by atoms with Crippen molar-refractivity contribution in [2.24, 2.45) is 34.5 Å². The molecule has 6 rings (SSSR count). The van der Waals surface area contributed by atoms with Gasteiger partial charge in [-0.3, -0.25) is 0 Å². The van der Waals surface area contributed by atoms with Crippen LogP contribution >= 0.6 is 0 Å². The van der Waals surface area contributed by atoms with Gasteiger partial charge in [-0.05, 0) is 62.7 Å². The Morgan fingerprint density at radius 2 is 1.45 bits per heavy atom. The summed E-state index contributed by atoms with van der Waals surface area (Å²) in [5.74, 6) is -1.20. The van der Waals surface area contributed by atoms with Gasteiger partial charge in [0.1, 0.15) is 5.60 Å². The van der Waals surface area contributed by atoms with Crippen molar-refractivity contribution < 1.29 is 34.3 Å². The molecule has 0 radical (unpaired) electrons. The van der Waals surface area contributed by atoms with Gasteiger partial charge in [-0.25, -0.2) is 0 Å². The lowest BCUT2D eigenvalue weighted by Crippen LogP contribution is -2.72. The Labute approximate surface area is 197 Å². The minimum atomic E-state index is -1.15. The molecular weight excluding hydrogens is 424 g/mol. The molecule has 6 aliphatic rings. The summed E-state index contributed by atoms with van der Waals surface area (Å²) >= 11 is 0. The molecule has 3 N–H and O–H groups in total. The average Bonchev–Trinajstić information content (AvgIpc) is 3.45. The molecule has 0 amide bonds. The monoisotopic (exact) mass is 466 g/mol. The zero-order valence-corrected chi connectivity index (χ0v) is 20.6. The van der Waals surface area contributed by atoms with Crippen LogP contribution in [0.15, 0.2) is 0 Å². The lowest BCUT2D eigenvalue weighted by atomic mass is 9.40. The number of aliphatic hydroxyl groups excluding tert-OH is 1. The van der Waals surface area contributed by atoms with Crippen molar-refractivity contribution in [3.63, 3.8) is 0 Å². The molecule has 7 nitrogen and oxygen atoms in total. The Morgan fingerprint density at radius 1 is 0.818 bits per heavy atom. The van der Waals surface area contributed by atoms with E-state index < -0.39 is 39.7 Å². The minimum Gasteiger partial charge on any atom is -0.393 e. The van der Waals surface area contributed by atoms with Gasteiger partial charge >= 0.3 is 0 Å². The van der Waals surface area contributed by atoms with Gasteiger partial charge in [0.2, 0.25) is 0 Å². The van der Waals surface area contributed by atoms with Crippen LogP contribution in [0.5, 0.6) is 0 Å². The van der Waals surface area contributed by atoms with Crippen molar-refractivity contribution in [1.82, 2.24) is 0 Å². The highest BCUT2D eigenvalue weighted by atomic mass is 16.8. The molecule has 6 fully saturated rings. The fourth-order valence-electron chi connectivity index (χ4n) is 9.99. The van der Waals surface area contributed by atoms with Gasteiger partial charge in [0.05, 0.1) is 38.1 Å². The van der Waals surface area contributed by atoms with E-state index in [1.807, 2.05) is 6.92 Å². The molecule has 0 aromatic rings. The Hall–Kier alpha value is -0.280. The summed E-state index contributed by atoms with van der Waals surface area (Å²) in [5, 5.41) is 36.2. The summed E-state index contributed by atoms with van der Waals surface area (Å²) in [6, 6.07) is 0. The molecule has 9 atom stereocenters. The van der Waals surface area contributed by atoms with Crippen LogP contribution in [0.4, 0.5) is 0 Å². The van der Waals surface area contributed by atoms with E-state index >= 15 is 0 Å². The number of hydrogen-bond acceptors (Lipinski definition) is 7. The van der Waals surface area contributed by atoms with Crippen LogP contribution in [0.2, 0.25) is 0 Å². The third kappa shape index (κ3) is 2.66. The molecule has 0 aromatic carbocycles. The molecule has 188 valence electrons. The van der Waals surface area contributed by atoms with Crippen molar-refractivity contribution in [2.75, 3.05) is 26.4 Å². The number of ether oxygens (including phenoxy) is 4. The minimum absolute atomic E-state index is 0.0175. The second-order valence-corrected chi connectivity index (χ2v) is 12.8. The van der Waals surface area contributed by atoms with Crippen LogP contribution in [-0.4, -0.2) is 70.6 Å². The Bertz CT molecular complexity index is 806. The molecule has 0 aromatic heterocycles. The van der Waals surface area contributed by atoms with Gasteiger partial charge in [0, 0.05) is 23.7 Å².